The number of carbonyl (C=O) groups is 1. The molecule has 0 heterocycles. The minimum Gasteiger partial charge on any atom is -0.288 e. The standard InChI is InChI=1S/C12H14F2O/c1-6-5-7(2)9(4)10(8(6)3)11(15)12(13)14/h5,12H,1-4H3. The summed E-state index contributed by atoms with van der Waals surface area (Å²) in [5, 5.41) is 0. The fraction of sp³-hybridized carbons (Fsp3) is 0.417. The van der Waals surface area contributed by atoms with Crippen molar-refractivity contribution in [2.75, 3.05) is 0 Å². The third-order valence-corrected chi connectivity index (χ3v) is 2.81. The van der Waals surface area contributed by atoms with Gasteiger partial charge in [0.1, 0.15) is 0 Å². The van der Waals surface area contributed by atoms with Gasteiger partial charge in [0.2, 0.25) is 5.78 Å². The Labute approximate surface area is 88.1 Å². The van der Waals surface area contributed by atoms with Crippen LogP contribution in [0.2, 0.25) is 0 Å². The van der Waals surface area contributed by atoms with E-state index in [2.05, 4.69) is 0 Å². The lowest BCUT2D eigenvalue weighted by molar-refractivity contribution is 0.0677. The maximum absolute atomic E-state index is 12.4. The number of Topliss-reactive ketones (excluding diaryl/α,β-unsaturated/α-hetero) is 1. The summed E-state index contributed by atoms with van der Waals surface area (Å²) in [5.74, 6) is -1.07. The van der Waals surface area contributed by atoms with Crippen molar-refractivity contribution in [3.05, 3.63) is 33.9 Å². The van der Waals surface area contributed by atoms with E-state index in [1.54, 1.807) is 13.8 Å². The fourth-order valence-electron chi connectivity index (χ4n) is 1.70. The van der Waals surface area contributed by atoms with E-state index in [1.807, 2.05) is 19.9 Å². The average molecular weight is 212 g/mol. The predicted octanol–water partition coefficient (Wildman–Crippen LogP) is 3.37. The Hall–Kier alpha value is -1.25. The first kappa shape index (κ1) is 11.8. The lowest BCUT2D eigenvalue weighted by atomic mass is 9.92. The van der Waals surface area contributed by atoms with Crippen LogP contribution in [-0.2, 0) is 0 Å². The zero-order valence-corrected chi connectivity index (χ0v) is 9.32. The molecule has 1 aromatic rings. The van der Waals surface area contributed by atoms with Gasteiger partial charge >= 0.3 is 6.43 Å². The molecule has 0 radical (unpaired) electrons. The molecule has 0 amide bonds. The van der Waals surface area contributed by atoms with Crippen LogP contribution in [0.15, 0.2) is 6.07 Å². The Bertz CT molecular complexity index is 382. The number of alkyl halides is 2. The Morgan fingerprint density at radius 3 is 1.80 bits per heavy atom. The van der Waals surface area contributed by atoms with Crippen LogP contribution in [0.4, 0.5) is 8.78 Å². The van der Waals surface area contributed by atoms with Crippen molar-refractivity contribution in [1.82, 2.24) is 0 Å². The van der Waals surface area contributed by atoms with E-state index < -0.39 is 12.2 Å². The number of aryl methyl sites for hydroxylation is 2. The number of rotatable bonds is 2. The minimum atomic E-state index is -2.93. The largest absolute Gasteiger partial charge is 0.300 e. The first-order valence-corrected chi connectivity index (χ1v) is 4.76. The second-order valence-electron chi connectivity index (χ2n) is 3.80. The molecule has 1 rings (SSSR count). The van der Waals surface area contributed by atoms with E-state index in [0.717, 1.165) is 11.1 Å². The molecule has 0 aliphatic heterocycles. The number of hydrogen-bond acceptors (Lipinski definition) is 1. The van der Waals surface area contributed by atoms with Crippen molar-refractivity contribution < 1.29 is 13.6 Å². The third kappa shape index (κ3) is 2.06. The van der Waals surface area contributed by atoms with Crippen LogP contribution in [0.1, 0.15) is 32.6 Å². The summed E-state index contributed by atoms with van der Waals surface area (Å²) in [7, 11) is 0. The van der Waals surface area contributed by atoms with Gasteiger partial charge in [0.15, 0.2) is 0 Å². The molecule has 15 heavy (non-hydrogen) atoms. The monoisotopic (exact) mass is 212 g/mol. The average Bonchev–Trinajstić information content (AvgIpc) is 2.15. The second kappa shape index (κ2) is 4.09. The molecule has 82 valence electrons. The van der Waals surface area contributed by atoms with Gasteiger partial charge in [-0.25, -0.2) is 8.78 Å². The predicted molar refractivity (Wildman–Crippen MR) is 55.7 cm³/mol. The fourth-order valence-corrected chi connectivity index (χ4v) is 1.70. The molecule has 0 fully saturated rings. The van der Waals surface area contributed by atoms with Gasteiger partial charge in [-0.1, -0.05) is 6.07 Å². The minimum absolute atomic E-state index is 0.183. The number of ketones is 1. The zero-order chi connectivity index (χ0) is 11.7. The van der Waals surface area contributed by atoms with E-state index >= 15 is 0 Å². The molecule has 0 aromatic heterocycles. The van der Waals surface area contributed by atoms with E-state index in [9.17, 15) is 13.6 Å². The number of benzene rings is 1. The van der Waals surface area contributed by atoms with Crippen LogP contribution in [-0.4, -0.2) is 12.2 Å². The first-order valence-electron chi connectivity index (χ1n) is 4.76. The van der Waals surface area contributed by atoms with Crippen LogP contribution in [0.5, 0.6) is 0 Å². The van der Waals surface area contributed by atoms with Crippen molar-refractivity contribution in [2.45, 2.75) is 34.1 Å². The van der Waals surface area contributed by atoms with Gasteiger partial charge in [-0.15, -0.1) is 0 Å². The maximum Gasteiger partial charge on any atom is 0.300 e. The molecule has 0 bridgehead atoms. The highest BCUT2D eigenvalue weighted by Gasteiger charge is 2.23. The summed E-state index contributed by atoms with van der Waals surface area (Å²) in [5.41, 5.74) is 3.25. The lowest BCUT2D eigenvalue weighted by Gasteiger charge is -2.13. The van der Waals surface area contributed by atoms with Gasteiger partial charge in [-0.3, -0.25) is 4.79 Å². The highest BCUT2D eigenvalue weighted by molar-refractivity contribution is 6.01. The van der Waals surface area contributed by atoms with Crippen LogP contribution in [0.25, 0.3) is 0 Å². The molecule has 0 N–H and O–H groups in total. The summed E-state index contributed by atoms with van der Waals surface area (Å²) in [6.45, 7) is 7.06. The Balaban J connectivity index is 3.46. The summed E-state index contributed by atoms with van der Waals surface area (Å²) >= 11 is 0. The normalized spacial score (nSPS) is 10.9. The van der Waals surface area contributed by atoms with Crippen molar-refractivity contribution >= 4 is 5.78 Å². The molecule has 0 atom stereocenters. The lowest BCUT2D eigenvalue weighted by Crippen LogP contribution is -2.15. The Morgan fingerprint density at radius 2 is 1.47 bits per heavy atom. The van der Waals surface area contributed by atoms with Crippen LogP contribution in [0.3, 0.4) is 0 Å². The van der Waals surface area contributed by atoms with Gasteiger partial charge in [0.05, 0.1) is 0 Å². The molecule has 0 unspecified atom stereocenters. The van der Waals surface area contributed by atoms with E-state index in [-0.39, 0.29) is 5.56 Å². The summed E-state index contributed by atoms with van der Waals surface area (Å²) in [6, 6.07) is 1.91. The van der Waals surface area contributed by atoms with Crippen molar-refractivity contribution in [3.63, 3.8) is 0 Å². The molecule has 3 heteroatoms. The molecule has 0 saturated carbocycles. The summed E-state index contributed by atoms with van der Waals surface area (Å²) in [6.07, 6.45) is -2.93. The topological polar surface area (TPSA) is 17.1 Å². The molecule has 0 aliphatic carbocycles. The van der Waals surface area contributed by atoms with E-state index in [0.29, 0.717) is 11.1 Å². The van der Waals surface area contributed by atoms with Gasteiger partial charge < -0.3 is 0 Å². The molecule has 1 aromatic carbocycles. The van der Waals surface area contributed by atoms with Crippen molar-refractivity contribution in [2.24, 2.45) is 0 Å². The molecule has 0 spiro atoms. The number of hydrogen-bond donors (Lipinski definition) is 0. The van der Waals surface area contributed by atoms with Crippen LogP contribution >= 0.6 is 0 Å². The van der Waals surface area contributed by atoms with Gasteiger partial charge in [0, 0.05) is 5.56 Å². The van der Waals surface area contributed by atoms with Crippen LogP contribution < -0.4 is 0 Å². The highest BCUT2D eigenvalue weighted by Crippen LogP contribution is 2.23. The molecule has 0 aliphatic rings. The highest BCUT2D eigenvalue weighted by atomic mass is 19.3. The second-order valence-corrected chi connectivity index (χ2v) is 3.80. The molecular weight excluding hydrogens is 198 g/mol. The van der Waals surface area contributed by atoms with Crippen LogP contribution in [0, 0.1) is 27.7 Å². The van der Waals surface area contributed by atoms with Gasteiger partial charge in [-0.2, -0.15) is 0 Å². The SMILES string of the molecule is Cc1cc(C)c(C)c(C(=O)C(F)F)c1C. The van der Waals surface area contributed by atoms with Gasteiger partial charge in [-0.05, 0) is 49.9 Å². The zero-order valence-electron chi connectivity index (χ0n) is 9.32. The summed E-state index contributed by atoms with van der Waals surface area (Å²) < 4.78 is 24.8. The maximum atomic E-state index is 12.4. The molecular formula is C12H14F2O. The Kier molecular flexibility index (Phi) is 3.22. The number of halogens is 2. The molecule has 1 nitrogen and oxygen atoms in total. The van der Waals surface area contributed by atoms with Crippen molar-refractivity contribution in [3.8, 4) is 0 Å². The number of carbonyl (C=O) groups excluding carboxylic acids is 1. The van der Waals surface area contributed by atoms with Crippen molar-refractivity contribution in [1.29, 1.82) is 0 Å². The quantitative estimate of drug-likeness (QED) is 0.687. The molecule has 0 saturated heterocycles. The Morgan fingerprint density at radius 1 is 1.07 bits per heavy atom. The third-order valence-electron chi connectivity index (χ3n) is 2.81. The summed E-state index contributed by atoms with van der Waals surface area (Å²) in [4.78, 5) is 11.3. The smallest absolute Gasteiger partial charge is 0.288 e. The van der Waals surface area contributed by atoms with Gasteiger partial charge in [0.25, 0.3) is 0 Å². The first-order chi connectivity index (χ1) is 6.86. The van der Waals surface area contributed by atoms with E-state index in [1.165, 1.54) is 0 Å². The van der Waals surface area contributed by atoms with E-state index in [4.69, 9.17) is 0 Å².